The van der Waals surface area contributed by atoms with Gasteiger partial charge in [0.1, 0.15) is 5.75 Å². The summed E-state index contributed by atoms with van der Waals surface area (Å²) in [5.74, 6) is 0.354. The minimum absolute atomic E-state index is 0.197. The van der Waals surface area contributed by atoms with Gasteiger partial charge >= 0.3 is 0 Å². The van der Waals surface area contributed by atoms with Crippen molar-refractivity contribution in [3.8, 4) is 5.75 Å². The lowest BCUT2D eigenvalue weighted by molar-refractivity contribution is 0.0730. The van der Waals surface area contributed by atoms with Crippen LogP contribution in [0, 0.1) is 0 Å². The zero-order valence-electron chi connectivity index (χ0n) is 15.8. The van der Waals surface area contributed by atoms with Crippen LogP contribution in [0.4, 0.5) is 5.69 Å². The number of rotatable bonds is 7. The van der Waals surface area contributed by atoms with Crippen LogP contribution in [0.3, 0.4) is 0 Å². The maximum absolute atomic E-state index is 12.6. The van der Waals surface area contributed by atoms with E-state index in [0.29, 0.717) is 49.9 Å². The van der Waals surface area contributed by atoms with Gasteiger partial charge < -0.3 is 14.8 Å². The average molecular weight is 404 g/mol. The molecule has 1 fully saturated rings. The molecule has 28 heavy (non-hydrogen) atoms. The first-order chi connectivity index (χ1) is 13.5. The first kappa shape index (κ1) is 20.3. The van der Waals surface area contributed by atoms with Crippen LogP contribution in [0.15, 0.2) is 53.4 Å². The Kier molecular flexibility index (Phi) is 6.66. The molecule has 150 valence electrons. The fraction of sp³-hybridized carbons (Fsp3) is 0.350. The highest BCUT2D eigenvalue weighted by Crippen LogP contribution is 2.20. The molecule has 0 aromatic heterocycles. The maximum Gasteiger partial charge on any atom is 0.255 e. The van der Waals surface area contributed by atoms with Gasteiger partial charge in [-0.3, -0.25) is 4.79 Å². The lowest BCUT2D eigenvalue weighted by atomic mass is 10.2. The molecular formula is C20H24N2O5S. The smallest absolute Gasteiger partial charge is 0.255 e. The van der Waals surface area contributed by atoms with Crippen molar-refractivity contribution < 1.29 is 22.7 Å². The van der Waals surface area contributed by atoms with E-state index in [2.05, 4.69) is 5.32 Å². The molecule has 3 rings (SSSR count). The minimum Gasteiger partial charge on any atom is -0.494 e. The topological polar surface area (TPSA) is 84.9 Å². The van der Waals surface area contributed by atoms with E-state index in [-0.39, 0.29) is 10.8 Å². The third-order valence-corrected chi connectivity index (χ3v) is 6.20. The number of hydrogen-bond acceptors (Lipinski definition) is 5. The number of anilines is 1. The molecule has 8 heteroatoms. The summed E-state index contributed by atoms with van der Waals surface area (Å²) >= 11 is 0. The standard InChI is InChI=1S/C20H24N2O5S/c1-2-12-27-18-5-3-4-16(15-18)20(23)21-17-6-8-19(9-7-17)28(24,25)22-10-13-26-14-11-22/h3-9,15H,2,10-14H2,1H3,(H,21,23). The van der Waals surface area contributed by atoms with Crippen molar-refractivity contribution in [2.24, 2.45) is 0 Å². The number of ether oxygens (including phenoxy) is 2. The Balaban J connectivity index is 1.68. The van der Waals surface area contributed by atoms with Crippen molar-refractivity contribution in [1.82, 2.24) is 4.31 Å². The molecule has 1 saturated heterocycles. The van der Waals surface area contributed by atoms with Crippen LogP contribution in [0.25, 0.3) is 0 Å². The van der Waals surface area contributed by atoms with Crippen LogP contribution in [0.5, 0.6) is 5.75 Å². The molecular weight excluding hydrogens is 380 g/mol. The van der Waals surface area contributed by atoms with Crippen molar-refractivity contribution in [3.05, 3.63) is 54.1 Å². The number of hydrogen-bond donors (Lipinski definition) is 1. The highest BCUT2D eigenvalue weighted by molar-refractivity contribution is 7.89. The van der Waals surface area contributed by atoms with Gasteiger partial charge in [0.15, 0.2) is 0 Å². The van der Waals surface area contributed by atoms with Crippen LogP contribution in [-0.4, -0.2) is 51.5 Å². The van der Waals surface area contributed by atoms with Gasteiger partial charge in [-0.15, -0.1) is 0 Å². The Hall–Kier alpha value is -2.42. The van der Waals surface area contributed by atoms with E-state index >= 15 is 0 Å². The van der Waals surface area contributed by atoms with Crippen molar-refractivity contribution in [1.29, 1.82) is 0 Å². The lowest BCUT2D eigenvalue weighted by Gasteiger charge is -2.26. The van der Waals surface area contributed by atoms with E-state index in [1.807, 2.05) is 6.92 Å². The number of morpholine rings is 1. The number of carbonyl (C=O) groups excluding carboxylic acids is 1. The number of nitrogens with zero attached hydrogens (tertiary/aromatic N) is 1. The number of carbonyl (C=O) groups is 1. The van der Waals surface area contributed by atoms with Gasteiger partial charge in [-0.1, -0.05) is 13.0 Å². The molecule has 0 unspecified atom stereocenters. The molecule has 0 aliphatic carbocycles. The lowest BCUT2D eigenvalue weighted by Crippen LogP contribution is -2.40. The normalized spacial score (nSPS) is 15.2. The van der Waals surface area contributed by atoms with E-state index in [9.17, 15) is 13.2 Å². The third kappa shape index (κ3) is 4.89. The largest absolute Gasteiger partial charge is 0.494 e. The van der Waals surface area contributed by atoms with Crippen LogP contribution in [0.2, 0.25) is 0 Å². The molecule has 1 heterocycles. The van der Waals surface area contributed by atoms with E-state index in [1.165, 1.54) is 16.4 Å². The van der Waals surface area contributed by atoms with Gasteiger partial charge in [-0.25, -0.2) is 8.42 Å². The van der Waals surface area contributed by atoms with Crippen molar-refractivity contribution in [2.45, 2.75) is 18.2 Å². The van der Waals surface area contributed by atoms with E-state index in [4.69, 9.17) is 9.47 Å². The zero-order valence-corrected chi connectivity index (χ0v) is 16.6. The second-order valence-electron chi connectivity index (χ2n) is 6.37. The van der Waals surface area contributed by atoms with Gasteiger partial charge in [-0.05, 0) is 48.9 Å². The molecule has 2 aromatic rings. The van der Waals surface area contributed by atoms with Crippen LogP contribution < -0.4 is 10.1 Å². The first-order valence-corrected chi connectivity index (χ1v) is 10.7. The molecule has 7 nitrogen and oxygen atoms in total. The summed E-state index contributed by atoms with van der Waals surface area (Å²) in [6, 6.07) is 13.1. The molecule has 1 N–H and O–H groups in total. The zero-order chi connectivity index (χ0) is 20.0. The fourth-order valence-corrected chi connectivity index (χ4v) is 4.20. The predicted octanol–water partition coefficient (Wildman–Crippen LogP) is 2.75. The van der Waals surface area contributed by atoms with Crippen molar-refractivity contribution >= 4 is 21.6 Å². The third-order valence-electron chi connectivity index (χ3n) is 4.29. The number of benzene rings is 2. The van der Waals surface area contributed by atoms with Gasteiger partial charge in [-0.2, -0.15) is 4.31 Å². The summed E-state index contributed by atoms with van der Waals surface area (Å²) in [4.78, 5) is 12.7. The van der Waals surface area contributed by atoms with Crippen LogP contribution in [-0.2, 0) is 14.8 Å². The predicted molar refractivity (Wildman–Crippen MR) is 106 cm³/mol. The SMILES string of the molecule is CCCOc1cccc(C(=O)Nc2ccc(S(=O)(=O)N3CCOCC3)cc2)c1. The maximum atomic E-state index is 12.6. The summed E-state index contributed by atoms with van der Waals surface area (Å²) < 4.78 is 37.4. The monoisotopic (exact) mass is 404 g/mol. The van der Waals surface area contributed by atoms with Gasteiger partial charge in [0.05, 0.1) is 24.7 Å². The van der Waals surface area contributed by atoms with E-state index < -0.39 is 10.0 Å². The number of nitrogens with one attached hydrogen (secondary N) is 1. The number of amides is 1. The molecule has 0 saturated carbocycles. The highest BCUT2D eigenvalue weighted by atomic mass is 32.2. The second kappa shape index (κ2) is 9.18. The van der Waals surface area contributed by atoms with Crippen LogP contribution in [0.1, 0.15) is 23.7 Å². The summed E-state index contributed by atoms with van der Waals surface area (Å²) in [6.45, 7) is 4.08. The average Bonchev–Trinajstić information content (AvgIpc) is 2.73. The Morgan fingerprint density at radius 3 is 2.54 bits per heavy atom. The molecule has 1 amide bonds. The molecule has 1 aliphatic heterocycles. The summed E-state index contributed by atoms with van der Waals surface area (Å²) in [5.41, 5.74) is 0.990. The van der Waals surface area contributed by atoms with Gasteiger partial charge in [0.25, 0.3) is 5.91 Å². The summed E-state index contributed by atoms with van der Waals surface area (Å²) in [6.07, 6.45) is 0.885. The Morgan fingerprint density at radius 1 is 1.14 bits per heavy atom. The molecule has 0 bridgehead atoms. The Morgan fingerprint density at radius 2 is 1.86 bits per heavy atom. The molecule has 1 aliphatic rings. The van der Waals surface area contributed by atoms with Crippen molar-refractivity contribution in [2.75, 3.05) is 38.2 Å². The van der Waals surface area contributed by atoms with E-state index in [0.717, 1.165) is 6.42 Å². The molecule has 0 radical (unpaired) electrons. The van der Waals surface area contributed by atoms with E-state index in [1.54, 1.807) is 36.4 Å². The summed E-state index contributed by atoms with van der Waals surface area (Å²) in [5, 5.41) is 2.78. The van der Waals surface area contributed by atoms with Crippen LogP contribution >= 0.6 is 0 Å². The highest BCUT2D eigenvalue weighted by Gasteiger charge is 2.26. The summed E-state index contributed by atoms with van der Waals surface area (Å²) in [7, 11) is -3.55. The Labute approximate surface area is 165 Å². The Bertz CT molecular complexity index is 906. The first-order valence-electron chi connectivity index (χ1n) is 9.23. The molecule has 0 spiro atoms. The van der Waals surface area contributed by atoms with Gasteiger partial charge in [0, 0.05) is 24.3 Å². The second-order valence-corrected chi connectivity index (χ2v) is 8.31. The van der Waals surface area contributed by atoms with Crippen molar-refractivity contribution in [3.63, 3.8) is 0 Å². The molecule has 0 atom stereocenters. The number of sulfonamides is 1. The minimum atomic E-state index is -3.55. The fourth-order valence-electron chi connectivity index (χ4n) is 2.80. The molecule has 2 aromatic carbocycles. The van der Waals surface area contributed by atoms with Gasteiger partial charge in [0.2, 0.25) is 10.0 Å². The quantitative estimate of drug-likeness (QED) is 0.767.